The molecule has 128 valence electrons. The van der Waals surface area contributed by atoms with Gasteiger partial charge in [0.15, 0.2) is 11.5 Å². The van der Waals surface area contributed by atoms with Crippen LogP contribution in [0.4, 0.5) is 0 Å². The molecule has 2 heterocycles. The van der Waals surface area contributed by atoms with Gasteiger partial charge in [0.1, 0.15) is 18.8 Å². The van der Waals surface area contributed by atoms with E-state index in [4.69, 9.17) is 9.47 Å². The van der Waals surface area contributed by atoms with Gasteiger partial charge in [0.05, 0.1) is 0 Å². The van der Waals surface area contributed by atoms with Crippen molar-refractivity contribution < 1.29 is 24.2 Å². The van der Waals surface area contributed by atoms with E-state index < -0.39 is 11.5 Å². The molecule has 0 radical (unpaired) electrons. The van der Waals surface area contributed by atoms with Crippen molar-refractivity contribution in [2.24, 2.45) is 5.92 Å². The Balaban J connectivity index is 1.50. The highest BCUT2D eigenvalue weighted by Gasteiger charge is 2.53. The molecule has 0 spiro atoms. The third-order valence-electron chi connectivity index (χ3n) is 5.47. The van der Waals surface area contributed by atoms with Crippen molar-refractivity contribution in [2.45, 2.75) is 37.6 Å². The molecule has 2 fully saturated rings. The van der Waals surface area contributed by atoms with E-state index in [2.05, 4.69) is 0 Å². The second-order valence-corrected chi connectivity index (χ2v) is 7.02. The summed E-state index contributed by atoms with van der Waals surface area (Å²) >= 11 is 0. The van der Waals surface area contributed by atoms with Crippen LogP contribution in [0.1, 0.15) is 37.7 Å². The summed E-state index contributed by atoms with van der Waals surface area (Å²) in [7, 11) is 0. The number of fused-ring (bicyclic) bond motifs is 1. The standard InChI is InChI=1S/C18H21NO5/c1-18(17(21)22)5-2-6-19(18)16(20)13-10-12(13)11-3-4-14-15(9-11)24-8-7-23-14/h3-4,9,12-13H,2,5-8,10H2,1H3,(H,21,22)/t12-,13-,18-/m1/s1. The molecule has 1 aromatic rings. The number of benzene rings is 1. The summed E-state index contributed by atoms with van der Waals surface area (Å²) in [6.45, 7) is 3.28. The van der Waals surface area contributed by atoms with E-state index >= 15 is 0 Å². The van der Waals surface area contributed by atoms with Crippen molar-refractivity contribution in [2.75, 3.05) is 19.8 Å². The average molecular weight is 331 g/mol. The van der Waals surface area contributed by atoms with Gasteiger partial charge in [-0.3, -0.25) is 4.79 Å². The number of hydrogen-bond donors (Lipinski definition) is 1. The Morgan fingerprint density at radius 3 is 2.75 bits per heavy atom. The van der Waals surface area contributed by atoms with Crippen molar-refractivity contribution in [3.05, 3.63) is 23.8 Å². The molecule has 6 heteroatoms. The van der Waals surface area contributed by atoms with Gasteiger partial charge in [-0.15, -0.1) is 0 Å². The van der Waals surface area contributed by atoms with E-state index in [9.17, 15) is 14.7 Å². The lowest BCUT2D eigenvalue weighted by atomic mass is 9.98. The summed E-state index contributed by atoms with van der Waals surface area (Å²) < 4.78 is 11.1. The molecule has 1 aliphatic carbocycles. The average Bonchev–Trinajstić information content (AvgIpc) is 3.29. The van der Waals surface area contributed by atoms with Crippen LogP contribution in [-0.4, -0.2) is 47.2 Å². The fraction of sp³-hybridized carbons (Fsp3) is 0.556. The Labute approximate surface area is 140 Å². The normalized spacial score (nSPS) is 31.0. The molecule has 3 aliphatic rings. The fourth-order valence-corrected chi connectivity index (χ4v) is 3.87. The highest BCUT2D eigenvalue weighted by Crippen LogP contribution is 2.51. The Morgan fingerprint density at radius 2 is 2.00 bits per heavy atom. The number of nitrogens with zero attached hydrogens (tertiary/aromatic N) is 1. The fourth-order valence-electron chi connectivity index (χ4n) is 3.87. The topological polar surface area (TPSA) is 76.1 Å². The Bertz CT molecular complexity index is 703. The number of hydrogen-bond acceptors (Lipinski definition) is 4. The molecule has 3 atom stereocenters. The predicted molar refractivity (Wildman–Crippen MR) is 85.3 cm³/mol. The number of aliphatic carboxylic acids is 1. The first kappa shape index (κ1) is 15.3. The van der Waals surface area contributed by atoms with Crippen molar-refractivity contribution >= 4 is 11.9 Å². The van der Waals surface area contributed by atoms with Crippen LogP contribution < -0.4 is 9.47 Å². The summed E-state index contributed by atoms with van der Waals surface area (Å²) in [6, 6.07) is 5.82. The highest BCUT2D eigenvalue weighted by molar-refractivity contribution is 5.90. The van der Waals surface area contributed by atoms with Crippen molar-refractivity contribution in [3.8, 4) is 11.5 Å². The van der Waals surface area contributed by atoms with Crippen LogP contribution in [0.5, 0.6) is 11.5 Å². The number of carboxylic acid groups (broad SMARTS) is 1. The van der Waals surface area contributed by atoms with E-state index in [-0.39, 0.29) is 17.7 Å². The monoisotopic (exact) mass is 331 g/mol. The lowest BCUT2D eigenvalue weighted by Crippen LogP contribution is -2.51. The summed E-state index contributed by atoms with van der Waals surface area (Å²) in [5, 5.41) is 9.49. The lowest BCUT2D eigenvalue weighted by molar-refractivity contribution is -0.155. The van der Waals surface area contributed by atoms with Crippen molar-refractivity contribution in [1.29, 1.82) is 0 Å². The quantitative estimate of drug-likeness (QED) is 0.917. The zero-order chi connectivity index (χ0) is 16.9. The van der Waals surface area contributed by atoms with Crippen LogP contribution >= 0.6 is 0 Å². The van der Waals surface area contributed by atoms with E-state index in [0.29, 0.717) is 26.2 Å². The first-order chi connectivity index (χ1) is 11.5. The molecule has 0 unspecified atom stereocenters. The zero-order valence-electron chi connectivity index (χ0n) is 13.7. The van der Waals surface area contributed by atoms with Gasteiger partial charge in [-0.2, -0.15) is 0 Å². The Morgan fingerprint density at radius 1 is 1.25 bits per heavy atom. The lowest BCUT2D eigenvalue weighted by Gasteiger charge is -2.31. The summed E-state index contributed by atoms with van der Waals surface area (Å²) in [4.78, 5) is 25.9. The molecule has 1 amide bonds. The van der Waals surface area contributed by atoms with Gasteiger partial charge < -0.3 is 19.5 Å². The SMILES string of the molecule is C[C@]1(C(=O)O)CCCN1C(=O)[C@@H]1C[C@@H]1c1ccc2c(c1)OCCO2. The van der Waals surface area contributed by atoms with Crippen LogP contribution in [0.25, 0.3) is 0 Å². The molecule has 0 bridgehead atoms. The minimum atomic E-state index is -1.06. The minimum Gasteiger partial charge on any atom is -0.486 e. The third-order valence-corrected chi connectivity index (χ3v) is 5.47. The van der Waals surface area contributed by atoms with Gasteiger partial charge in [-0.1, -0.05) is 6.07 Å². The summed E-state index contributed by atoms with van der Waals surface area (Å²) in [6.07, 6.45) is 2.04. The van der Waals surface area contributed by atoms with Crippen LogP contribution in [0.2, 0.25) is 0 Å². The highest BCUT2D eigenvalue weighted by atomic mass is 16.6. The maximum atomic E-state index is 12.8. The van der Waals surface area contributed by atoms with E-state index in [1.165, 1.54) is 0 Å². The molecule has 6 nitrogen and oxygen atoms in total. The van der Waals surface area contributed by atoms with Crippen LogP contribution in [0.3, 0.4) is 0 Å². The van der Waals surface area contributed by atoms with E-state index in [1.807, 2.05) is 18.2 Å². The maximum Gasteiger partial charge on any atom is 0.329 e. The van der Waals surface area contributed by atoms with Crippen molar-refractivity contribution in [3.63, 3.8) is 0 Å². The predicted octanol–water partition coefficient (Wildman–Crippen LogP) is 2.03. The number of carboxylic acids is 1. The first-order valence-corrected chi connectivity index (χ1v) is 8.45. The van der Waals surface area contributed by atoms with Crippen LogP contribution in [0, 0.1) is 5.92 Å². The summed E-state index contributed by atoms with van der Waals surface area (Å²) in [5.74, 6) is 0.554. The molecule has 0 aromatic heterocycles. The number of carbonyl (C=O) groups is 2. The van der Waals surface area contributed by atoms with Crippen LogP contribution in [-0.2, 0) is 9.59 Å². The number of likely N-dealkylation sites (tertiary alicyclic amines) is 1. The van der Waals surface area contributed by atoms with Gasteiger partial charge >= 0.3 is 5.97 Å². The van der Waals surface area contributed by atoms with E-state index in [0.717, 1.165) is 29.9 Å². The third kappa shape index (κ3) is 2.32. The van der Waals surface area contributed by atoms with Crippen LogP contribution in [0.15, 0.2) is 18.2 Å². The second kappa shape index (κ2) is 5.40. The van der Waals surface area contributed by atoms with Gasteiger partial charge in [0, 0.05) is 12.5 Å². The molecular weight excluding hydrogens is 310 g/mol. The largest absolute Gasteiger partial charge is 0.486 e. The number of amides is 1. The Hall–Kier alpha value is -2.24. The second-order valence-electron chi connectivity index (χ2n) is 7.02. The minimum absolute atomic E-state index is 0.0303. The summed E-state index contributed by atoms with van der Waals surface area (Å²) in [5.41, 5.74) is 0.00522. The number of ether oxygens (including phenoxy) is 2. The zero-order valence-corrected chi connectivity index (χ0v) is 13.7. The van der Waals surface area contributed by atoms with E-state index in [1.54, 1.807) is 11.8 Å². The Kier molecular flexibility index (Phi) is 3.44. The van der Waals surface area contributed by atoms with Gasteiger partial charge in [-0.25, -0.2) is 4.79 Å². The first-order valence-electron chi connectivity index (χ1n) is 8.45. The number of carbonyl (C=O) groups excluding carboxylic acids is 1. The van der Waals surface area contributed by atoms with Gasteiger partial charge in [0.2, 0.25) is 5.91 Å². The molecule has 24 heavy (non-hydrogen) atoms. The maximum absolute atomic E-state index is 12.8. The van der Waals surface area contributed by atoms with Crippen molar-refractivity contribution in [1.82, 2.24) is 4.90 Å². The molecular formula is C18H21NO5. The van der Waals surface area contributed by atoms with Gasteiger partial charge in [-0.05, 0) is 49.8 Å². The molecule has 1 N–H and O–H groups in total. The molecule has 2 aliphatic heterocycles. The molecule has 1 saturated heterocycles. The molecule has 4 rings (SSSR count). The molecule has 1 aromatic carbocycles. The smallest absolute Gasteiger partial charge is 0.329 e. The molecule has 1 saturated carbocycles. The van der Waals surface area contributed by atoms with Gasteiger partial charge in [0.25, 0.3) is 0 Å². The number of rotatable bonds is 3.